The molecule has 1 aliphatic rings. The second-order valence-corrected chi connectivity index (χ2v) is 8.39. The van der Waals surface area contributed by atoms with Crippen LogP contribution in [-0.2, 0) is 14.3 Å². The Bertz CT molecular complexity index is 1030. The van der Waals surface area contributed by atoms with Crippen LogP contribution in [0, 0.1) is 18.3 Å². The Balaban J connectivity index is 1.60. The number of carbonyl (C=O) groups excluding carboxylic acids is 2. The third-order valence-corrected chi connectivity index (χ3v) is 5.81. The lowest BCUT2D eigenvalue weighted by atomic mass is 9.98. The fraction of sp³-hybridized carbons (Fsp3) is 0.346. The van der Waals surface area contributed by atoms with Crippen LogP contribution in [0.5, 0.6) is 0 Å². The van der Waals surface area contributed by atoms with Crippen molar-refractivity contribution >= 4 is 18.0 Å². The largest absolute Gasteiger partial charge is 0.480 e. The van der Waals surface area contributed by atoms with Gasteiger partial charge in [0.25, 0.3) is 0 Å². The number of amides is 2. The number of ether oxygens (including phenoxy) is 1. The Hall–Kier alpha value is -3.79. The van der Waals surface area contributed by atoms with E-state index in [4.69, 9.17) is 16.3 Å². The van der Waals surface area contributed by atoms with Crippen LogP contribution in [0.25, 0.3) is 11.1 Å². The lowest BCUT2D eigenvalue weighted by Crippen LogP contribution is -2.46. The molecule has 2 amide bonds. The van der Waals surface area contributed by atoms with E-state index < -0.39 is 30.1 Å². The minimum absolute atomic E-state index is 0.0657. The zero-order valence-corrected chi connectivity index (χ0v) is 18.7. The van der Waals surface area contributed by atoms with E-state index in [1.807, 2.05) is 50.2 Å². The van der Waals surface area contributed by atoms with Crippen molar-refractivity contribution < 1.29 is 24.2 Å². The highest BCUT2D eigenvalue weighted by molar-refractivity contribution is 5.84. The summed E-state index contributed by atoms with van der Waals surface area (Å²) in [5.74, 6) is 0.386. The molecule has 0 saturated heterocycles. The fourth-order valence-electron chi connectivity index (χ4n) is 4.02. The number of carbonyl (C=O) groups is 3. The monoisotopic (exact) mass is 448 g/mol. The lowest BCUT2D eigenvalue weighted by Gasteiger charge is -2.23. The lowest BCUT2D eigenvalue weighted by molar-refractivity contribution is -0.141. The number of nitrogens with one attached hydrogen (secondary N) is 2. The standard InChI is InChI=1S/C26H28N2O5/c1-4-9-22(25(30)31)27-24(29)14-23(16(2)3)28-26(32)33-15-21-19-12-7-5-10-17(19)18-11-6-8-13-20(18)21/h1,5-8,10-13,16,21-23H,9,14-15H2,2-3H3,(H,27,29)(H,28,32)(H,30,31). The highest BCUT2D eigenvalue weighted by Crippen LogP contribution is 2.44. The quantitative estimate of drug-likeness (QED) is 0.509. The molecule has 7 nitrogen and oxygen atoms in total. The third kappa shape index (κ3) is 5.72. The van der Waals surface area contributed by atoms with E-state index in [2.05, 4.69) is 28.7 Å². The maximum Gasteiger partial charge on any atom is 0.407 e. The molecule has 2 unspecified atom stereocenters. The van der Waals surface area contributed by atoms with Crippen molar-refractivity contribution in [2.75, 3.05) is 6.61 Å². The van der Waals surface area contributed by atoms with E-state index in [9.17, 15) is 14.4 Å². The molecular formula is C26H28N2O5. The van der Waals surface area contributed by atoms with Crippen molar-refractivity contribution in [1.82, 2.24) is 10.6 Å². The highest BCUT2D eigenvalue weighted by atomic mass is 16.5. The summed E-state index contributed by atoms with van der Waals surface area (Å²) in [5.41, 5.74) is 4.50. The second kappa shape index (κ2) is 10.7. The highest BCUT2D eigenvalue weighted by Gasteiger charge is 2.30. The van der Waals surface area contributed by atoms with Crippen LogP contribution in [0.1, 0.15) is 43.7 Å². The summed E-state index contributed by atoms with van der Waals surface area (Å²) in [5, 5.41) is 14.3. The van der Waals surface area contributed by atoms with E-state index in [0.717, 1.165) is 22.3 Å². The van der Waals surface area contributed by atoms with Crippen molar-refractivity contribution in [3.8, 4) is 23.5 Å². The van der Waals surface area contributed by atoms with Crippen LogP contribution in [-0.4, -0.2) is 41.8 Å². The molecule has 172 valence electrons. The van der Waals surface area contributed by atoms with E-state index in [0.29, 0.717) is 0 Å². The van der Waals surface area contributed by atoms with Gasteiger partial charge in [-0.05, 0) is 28.2 Å². The summed E-state index contributed by atoms with van der Waals surface area (Å²) in [6, 6.07) is 14.4. The van der Waals surface area contributed by atoms with Crippen molar-refractivity contribution in [1.29, 1.82) is 0 Å². The number of aliphatic carboxylic acids is 1. The molecule has 0 fully saturated rings. The number of alkyl carbamates (subject to hydrolysis) is 1. The number of fused-ring (bicyclic) bond motifs is 3. The first-order valence-corrected chi connectivity index (χ1v) is 10.9. The summed E-state index contributed by atoms with van der Waals surface area (Å²) in [6.45, 7) is 3.88. The van der Waals surface area contributed by atoms with Crippen LogP contribution in [0.2, 0.25) is 0 Å². The van der Waals surface area contributed by atoms with Gasteiger partial charge in [0.1, 0.15) is 12.6 Å². The third-order valence-electron chi connectivity index (χ3n) is 5.81. The average Bonchev–Trinajstić information content (AvgIpc) is 3.10. The molecule has 33 heavy (non-hydrogen) atoms. The summed E-state index contributed by atoms with van der Waals surface area (Å²) in [6.07, 6.45) is 4.34. The van der Waals surface area contributed by atoms with Crippen molar-refractivity contribution in [3.63, 3.8) is 0 Å². The van der Waals surface area contributed by atoms with E-state index in [1.165, 1.54) is 0 Å². The molecule has 0 heterocycles. The van der Waals surface area contributed by atoms with Crippen LogP contribution in [0.4, 0.5) is 4.79 Å². The molecule has 0 aliphatic heterocycles. The minimum atomic E-state index is -1.20. The molecular weight excluding hydrogens is 420 g/mol. The number of carboxylic acids is 1. The Morgan fingerprint density at radius 3 is 2.12 bits per heavy atom. The predicted molar refractivity (Wildman–Crippen MR) is 124 cm³/mol. The van der Waals surface area contributed by atoms with Gasteiger partial charge in [-0.3, -0.25) is 4.79 Å². The van der Waals surface area contributed by atoms with Crippen LogP contribution < -0.4 is 10.6 Å². The van der Waals surface area contributed by atoms with Crippen LogP contribution >= 0.6 is 0 Å². The van der Waals surface area contributed by atoms with Crippen LogP contribution in [0.15, 0.2) is 48.5 Å². The molecule has 3 N–H and O–H groups in total. The van der Waals surface area contributed by atoms with Gasteiger partial charge < -0.3 is 20.5 Å². The Morgan fingerprint density at radius 2 is 1.61 bits per heavy atom. The van der Waals surface area contributed by atoms with Crippen LogP contribution in [0.3, 0.4) is 0 Å². The number of rotatable bonds is 9. The number of hydrogen-bond acceptors (Lipinski definition) is 4. The fourth-order valence-corrected chi connectivity index (χ4v) is 4.02. The van der Waals surface area contributed by atoms with Crippen molar-refractivity contribution in [2.45, 2.75) is 44.7 Å². The summed E-state index contributed by atoms with van der Waals surface area (Å²) >= 11 is 0. The normalized spacial score (nSPS) is 13.9. The minimum Gasteiger partial charge on any atom is -0.480 e. The first-order valence-electron chi connectivity index (χ1n) is 10.9. The van der Waals surface area contributed by atoms with Gasteiger partial charge in [-0.25, -0.2) is 9.59 Å². The molecule has 0 spiro atoms. The number of terminal acetylenes is 1. The number of carboxylic acid groups (broad SMARTS) is 1. The van der Waals surface area contributed by atoms with E-state index in [1.54, 1.807) is 0 Å². The zero-order chi connectivity index (χ0) is 24.0. The first-order chi connectivity index (χ1) is 15.8. The molecule has 3 rings (SSSR count). The maximum atomic E-state index is 12.6. The van der Waals surface area contributed by atoms with Gasteiger partial charge in [-0.1, -0.05) is 62.4 Å². The maximum absolute atomic E-state index is 12.6. The summed E-state index contributed by atoms with van der Waals surface area (Å²) < 4.78 is 5.56. The smallest absolute Gasteiger partial charge is 0.407 e. The molecule has 2 atom stereocenters. The molecule has 1 aliphatic carbocycles. The number of hydrogen-bond donors (Lipinski definition) is 3. The van der Waals surface area contributed by atoms with Gasteiger partial charge in [0, 0.05) is 24.8 Å². The zero-order valence-electron chi connectivity index (χ0n) is 18.7. The van der Waals surface area contributed by atoms with Gasteiger partial charge in [0.2, 0.25) is 5.91 Å². The molecule has 2 aromatic carbocycles. The Morgan fingerprint density at radius 1 is 1.03 bits per heavy atom. The first kappa shape index (κ1) is 23.9. The van der Waals surface area contributed by atoms with Crippen molar-refractivity contribution in [3.05, 3.63) is 59.7 Å². The summed E-state index contributed by atoms with van der Waals surface area (Å²) in [4.78, 5) is 36.1. The van der Waals surface area contributed by atoms with E-state index >= 15 is 0 Å². The topological polar surface area (TPSA) is 105 Å². The van der Waals surface area contributed by atoms with E-state index in [-0.39, 0.29) is 31.3 Å². The second-order valence-electron chi connectivity index (χ2n) is 8.39. The summed E-state index contributed by atoms with van der Waals surface area (Å²) in [7, 11) is 0. The molecule has 0 aromatic heterocycles. The predicted octanol–water partition coefficient (Wildman–Crippen LogP) is 3.53. The Kier molecular flexibility index (Phi) is 7.73. The molecule has 7 heteroatoms. The molecule has 0 bridgehead atoms. The Labute approximate surface area is 193 Å². The number of benzene rings is 2. The van der Waals surface area contributed by atoms with Gasteiger partial charge in [0.05, 0.1) is 0 Å². The van der Waals surface area contributed by atoms with Gasteiger partial charge in [-0.2, -0.15) is 0 Å². The van der Waals surface area contributed by atoms with Gasteiger partial charge >= 0.3 is 12.1 Å². The average molecular weight is 449 g/mol. The molecule has 0 radical (unpaired) electrons. The molecule has 2 aromatic rings. The van der Waals surface area contributed by atoms with Gasteiger partial charge in [-0.15, -0.1) is 12.3 Å². The SMILES string of the molecule is C#CCC(NC(=O)CC(NC(=O)OCC1c2ccccc2-c2ccccc21)C(C)C)C(=O)O. The molecule has 0 saturated carbocycles. The van der Waals surface area contributed by atoms with Crippen molar-refractivity contribution in [2.24, 2.45) is 5.92 Å². The van der Waals surface area contributed by atoms with Gasteiger partial charge in [0.15, 0.2) is 0 Å².